The Bertz CT molecular complexity index is 930. The molecule has 25 heavy (non-hydrogen) atoms. The van der Waals surface area contributed by atoms with E-state index in [9.17, 15) is 23.3 Å². The quantitative estimate of drug-likeness (QED) is 0.475. The number of carbonyl (C=O) groups is 1. The molecule has 0 unspecified atom stereocenters. The van der Waals surface area contributed by atoms with E-state index in [0.717, 1.165) is 10.4 Å². The van der Waals surface area contributed by atoms with Crippen molar-refractivity contribution in [2.75, 3.05) is 19.4 Å². The van der Waals surface area contributed by atoms with Crippen LogP contribution < -0.4 is 5.32 Å². The molecule has 0 aliphatic heterocycles. The van der Waals surface area contributed by atoms with Gasteiger partial charge in [0.05, 0.1) is 11.0 Å². The van der Waals surface area contributed by atoms with Crippen LogP contribution in [-0.2, 0) is 14.8 Å². The van der Waals surface area contributed by atoms with E-state index in [2.05, 4.69) is 5.32 Å². The van der Waals surface area contributed by atoms with E-state index >= 15 is 0 Å². The van der Waals surface area contributed by atoms with Gasteiger partial charge in [-0.25, -0.2) is 12.7 Å². The normalized spacial score (nSPS) is 11.8. The van der Waals surface area contributed by atoms with E-state index in [0.29, 0.717) is 5.69 Å². The number of anilines is 1. The number of nitrogens with one attached hydrogen (secondary N) is 1. The number of benzene rings is 1. The highest BCUT2D eigenvalue weighted by Gasteiger charge is 2.17. The average molecular weight is 365 g/mol. The summed E-state index contributed by atoms with van der Waals surface area (Å²) in [6.07, 6.45) is 2.39. The van der Waals surface area contributed by atoms with E-state index in [1.165, 1.54) is 56.6 Å². The monoisotopic (exact) mass is 365 g/mol. The summed E-state index contributed by atoms with van der Waals surface area (Å²) >= 11 is 0. The first-order chi connectivity index (χ1) is 11.7. The lowest BCUT2D eigenvalue weighted by molar-refractivity contribution is -0.402. The third kappa shape index (κ3) is 4.52. The molecule has 2 aromatic rings. The van der Waals surface area contributed by atoms with Gasteiger partial charge in [0.15, 0.2) is 0 Å². The topological polar surface area (TPSA) is 123 Å². The van der Waals surface area contributed by atoms with Crippen LogP contribution >= 0.6 is 0 Å². The minimum Gasteiger partial charge on any atom is -0.401 e. The first-order valence-electron chi connectivity index (χ1n) is 6.96. The largest absolute Gasteiger partial charge is 0.433 e. The molecule has 1 aromatic heterocycles. The second kappa shape index (κ2) is 7.28. The lowest BCUT2D eigenvalue weighted by Crippen LogP contribution is -2.22. The molecule has 0 aliphatic carbocycles. The maximum Gasteiger partial charge on any atom is 0.433 e. The second-order valence-electron chi connectivity index (χ2n) is 5.07. The molecule has 1 N–H and O–H groups in total. The summed E-state index contributed by atoms with van der Waals surface area (Å²) in [6, 6.07) is 8.32. The zero-order valence-corrected chi connectivity index (χ0v) is 14.2. The molecule has 0 saturated carbocycles. The molecule has 132 valence electrons. The molecule has 1 heterocycles. The zero-order chi connectivity index (χ0) is 18.6. The first kappa shape index (κ1) is 18.4. The summed E-state index contributed by atoms with van der Waals surface area (Å²) < 4.78 is 30.1. The number of hydrogen-bond donors (Lipinski definition) is 1. The van der Waals surface area contributed by atoms with Crippen LogP contribution in [0.15, 0.2) is 51.8 Å². The summed E-state index contributed by atoms with van der Waals surface area (Å²) in [7, 11) is -0.793. The maximum absolute atomic E-state index is 12.1. The molecule has 0 saturated heterocycles. The van der Waals surface area contributed by atoms with Crippen LogP contribution in [0, 0.1) is 10.1 Å². The minimum atomic E-state index is -3.61. The molecular formula is C15H15N3O6S. The molecule has 1 aromatic carbocycles. The summed E-state index contributed by atoms with van der Waals surface area (Å²) in [4.78, 5) is 21.8. The van der Waals surface area contributed by atoms with Crippen LogP contribution in [0.5, 0.6) is 0 Å². The summed E-state index contributed by atoms with van der Waals surface area (Å²) in [5.41, 5.74) is 0.294. The van der Waals surface area contributed by atoms with Gasteiger partial charge in [-0.15, -0.1) is 0 Å². The summed E-state index contributed by atoms with van der Waals surface area (Å²) in [6.45, 7) is 0. The standard InChI is InChI=1S/C15H15N3O6S/c1-17(2)25(22,23)13-5-3-4-11(10-13)16-14(19)8-6-12-7-9-15(24-12)18(20)21/h3-10H,1-2H3,(H,16,19)/b8-6+. The van der Waals surface area contributed by atoms with E-state index in [1.54, 1.807) is 0 Å². The summed E-state index contributed by atoms with van der Waals surface area (Å²) in [5.74, 6) is -0.828. The van der Waals surface area contributed by atoms with Crippen molar-refractivity contribution in [3.05, 3.63) is 58.3 Å². The van der Waals surface area contributed by atoms with Gasteiger partial charge in [-0.2, -0.15) is 0 Å². The van der Waals surface area contributed by atoms with Crippen molar-refractivity contribution < 1.29 is 22.6 Å². The number of amides is 1. The molecular weight excluding hydrogens is 350 g/mol. The third-order valence-corrected chi connectivity index (χ3v) is 4.88. The second-order valence-corrected chi connectivity index (χ2v) is 7.22. The molecule has 0 spiro atoms. The summed E-state index contributed by atoms with van der Waals surface area (Å²) in [5, 5.41) is 13.0. The number of furan rings is 1. The molecule has 0 atom stereocenters. The number of rotatable bonds is 6. The van der Waals surface area contributed by atoms with Crippen LogP contribution in [0.4, 0.5) is 11.6 Å². The van der Waals surface area contributed by atoms with Crippen LogP contribution in [0.25, 0.3) is 6.08 Å². The number of sulfonamides is 1. The fraction of sp³-hybridized carbons (Fsp3) is 0.133. The predicted molar refractivity (Wildman–Crippen MR) is 90.3 cm³/mol. The number of carbonyl (C=O) groups excluding carboxylic acids is 1. The molecule has 0 fully saturated rings. The fourth-order valence-electron chi connectivity index (χ4n) is 1.82. The Hall–Kier alpha value is -2.98. The van der Waals surface area contributed by atoms with E-state index in [-0.39, 0.29) is 10.7 Å². The lowest BCUT2D eigenvalue weighted by Gasteiger charge is -2.12. The van der Waals surface area contributed by atoms with Crippen molar-refractivity contribution >= 4 is 33.6 Å². The van der Waals surface area contributed by atoms with Gasteiger partial charge in [0, 0.05) is 25.9 Å². The molecule has 10 heteroatoms. The van der Waals surface area contributed by atoms with Gasteiger partial charge in [-0.05, 0) is 30.3 Å². The average Bonchev–Trinajstić information content (AvgIpc) is 3.02. The Kier molecular flexibility index (Phi) is 5.35. The Labute approximate surface area is 143 Å². The Morgan fingerprint density at radius 2 is 2.00 bits per heavy atom. The van der Waals surface area contributed by atoms with Crippen LogP contribution in [0.1, 0.15) is 5.76 Å². The molecule has 1 amide bonds. The van der Waals surface area contributed by atoms with Crippen molar-refractivity contribution in [3.63, 3.8) is 0 Å². The van der Waals surface area contributed by atoms with Gasteiger partial charge in [0.2, 0.25) is 15.9 Å². The molecule has 0 radical (unpaired) electrons. The maximum atomic E-state index is 12.1. The van der Waals surface area contributed by atoms with Crippen molar-refractivity contribution in [1.82, 2.24) is 4.31 Å². The molecule has 0 aliphatic rings. The van der Waals surface area contributed by atoms with E-state index in [4.69, 9.17) is 4.42 Å². The van der Waals surface area contributed by atoms with Gasteiger partial charge < -0.3 is 9.73 Å². The fourth-order valence-corrected chi connectivity index (χ4v) is 2.76. The van der Waals surface area contributed by atoms with Crippen molar-refractivity contribution in [1.29, 1.82) is 0 Å². The predicted octanol–water partition coefficient (Wildman–Crippen LogP) is 2.09. The third-order valence-electron chi connectivity index (χ3n) is 3.07. The van der Waals surface area contributed by atoms with Crippen LogP contribution in [-0.4, -0.2) is 37.6 Å². The Balaban J connectivity index is 2.10. The van der Waals surface area contributed by atoms with Crippen LogP contribution in [0.3, 0.4) is 0 Å². The Morgan fingerprint density at radius 1 is 1.28 bits per heavy atom. The Morgan fingerprint density at radius 3 is 2.60 bits per heavy atom. The highest BCUT2D eigenvalue weighted by Crippen LogP contribution is 2.19. The number of nitro groups is 1. The van der Waals surface area contributed by atoms with Gasteiger partial charge in [0.1, 0.15) is 10.7 Å². The van der Waals surface area contributed by atoms with Gasteiger partial charge >= 0.3 is 5.88 Å². The van der Waals surface area contributed by atoms with Crippen molar-refractivity contribution in [2.45, 2.75) is 4.90 Å². The van der Waals surface area contributed by atoms with Gasteiger partial charge in [-0.1, -0.05) is 6.07 Å². The van der Waals surface area contributed by atoms with Gasteiger partial charge in [-0.3, -0.25) is 14.9 Å². The SMILES string of the molecule is CN(C)S(=O)(=O)c1cccc(NC(=O)/C=C/c2ccc([N+](=O)[O-])o2)c1. The van der Waals surface area contributed by atoms with Gasteiger partial charge in [0.25, 0.3) is 0 Å². The highest BCUT2D eigenvalue weighted by molar-refractivity contribution is 7.89. The minimum absolute atomic E-state index is 0.0425. The number of hydrogen-bond acceptors (Lipinski definition) is 6. The number of nitrogens with zero attached hydrogens (tertiary/aromatic N) is 2. The lowest BCUT2D eigenvalue weighted by atomic mass is 10.3. The van der Waals surface area contributed by atoms with Crippen LogP contribution in [0.2, 0.25) is 0 Å². The molecule has 9 nitrogen and oxygen atoms in total. The highest BCUT2D eigenvalue weighted by atomic mass is 32.2. The van der Waals surface area contributed by atoms with E-state index < -0.39 is 26.7 Å². The van der Waals surface area contributed by atoms with Crippen molar-refractivity contribution in [2.24, 2.45) is 0 Å². The molecule has 2 rings (SSSR count). The van der Waals surface area contributed by atoms with E-state index in [1.807, 2.05) is 0 Å². The first-order valence-corrected chi connectivity index (χ1v) is 8.40. The zero-order valence-electron chi connectivity index (χ0n) is 13.4. The van der Waals surface area contributed by atoms with Crippen molar-refractivity contribution in [3.8, 4) is 0 Å². The molecule has 0 bridgehead atoms. The smallest absolute Gasteiger partial charge is 0.401 e.